The molecule has 1 heterocycles. The van der Waals surface area contributed by atoms with Gasteiger partial charge in [0.1, 0.15) is 5.82 Å². The van der Waals surface area contributed by atoms with Crippen LogP contribution in [0.4, 0.5) is 5.82 Å². The first kappa shape index (κ1) is 17.3. The number of carbonyl (C=O) groups excluding carboxylic acids is 1. The predicted octanol–water partition coefficient (Wildman–Crippen LogP) is 2.44. The molecule has 1 aromatic carbocycles. The second-order valence-electron chi connectivity index (χ2n) is 5.61. The Morgan fingerprint density at radius 1 is 1.38 bits per heavy atom. The number of nitrogens with zero attached hydrogens (tertiary/aromatic N) is 3. The molecule has 7 heteroatoms. The fourth-order valence-corrected chi connectivity index (χ4v) is 2.11. The van der Waals surface area contributed by atoms with Crippen molar-refractivity contribution < 1.29 is 14.3 Å². The SMILES string of the molecule is COc1cc(C#N)ccc1OCC(=O)Nc1ccnn1CC(C)C. The molecule has 0 unspecified atom stereocenters. The van der Waals surface area contributed by atoms with Crippen LogP contribution >= 0.6 is 0 Å². The molecule has 0 bridgehead atoms. The first-order valence-corrected chi connectivity index (χ1v) is 7.56. The lowest BCUT2D eigenvalue weighted by Gasteiger charge is -2.12. The van der Waals surface area contributed by atoms with Gasteiger partial charge in [0.15, 0.2) is 18.1 Å². The second-order valence-corrected chi connectivity index (χ2v) is 5.61. The Labute approximate surface area is 140 Å². The number of carbonyl (C=O) groups is 1. The van der Waals surface area contributed by atoms with Crippen molar-refractivity contribution in [3.05, 3.63) is 36.0 Å². The normalized spacial score (nSPS) is 10.3. The summed E-state index contributed by atoms with van der Waals surface area (Å²) in [6.07, 6.45) is 1.64. The Morgan fingerprint density at radius 3 is 2.83 bits per heavy atom. The topological polar surface area (TPSA) is 89.2 Å². The Balaban J connectivity index is 1.97. The van der Waals surface area contributed by atoms with Crippen molar-refractivity contribution in [2.24, 2.45) is 5.92 Å². The van der Waals surface area contributed by atoms with E-state index in [9.17, 15) is 4.79 Å². The van der Waals surface area contributed by atoms with Gasteiger partial charge in [-0.3, -0.25) is 4.79 Å². The average molecular weight is 328 g/mol. The van der Waals surface area contributed by atoms with Gasteiger partial charge < -0.3 is 14.8 Å². The lowest BCUT2D eigenvalue weighted by Crippen LogP contribution is -2.22. The third-order valence-electron chi connectivity index (χ3n) is 3.17. The molecule has 0 aliphatic heterocycles. The summed E-state index contributed by atoms with van der Waals surface area (Å²) in [6.45, 7) is 4.70. The Hall–Kier alpha value is -3.01. The molecule has 0 saturated heterocycles. The van der Waals surface area contributed by atoms with Crippen molar-refractivity contribution >= 4 is 11.7 Å². The largest absolute Gasteiger partial charge is 0.493 e. The molecule has 0 atom stereocenters. The van der Waals surface area contributed by atoms with Crippen LogP contribution in [-0.2, 0) is 11.3 Å². The number of nitrogens with one attached hydrogen (secondary N) is 1. The average Bonchev–Trinajstić information content (AvgIpc) is 2.98. The molecular weight excluding hydrogens is 308 g/mol. The van der Waals surface area contributed by atoms with Gasteiger partial charge in [-0.1, -0.05) is 13.8 Å². The monoisotopic (exact) mass is 328 g/mol. The molecule has 1 aromatic heterocycles. The maximum atomic E-state index is 12.1. The maximum absolute atomic E-state index is 12.1. The molecule has 0 radical (unpaired) electrons. The van der Waals surface area contributed by atoms with Crippen LogP contribution in [0.15, 0.2) is 30.5 Å². The molecule has 126 valence electrons. The summed E-state index contributed by atoms with van der Waals surface area (Å²) in [6, 6.07) is 8.53. The summed E-state index contributed by atoms with van der Waals surface area (Å²) in [7, 11) is 1.48. The number of rotatable bonds is 7. The van der Waals surface area contributed by atoms with Gasteiger partial charge >= 0.3 is 0 Å². The quantitative estimate of drug-likeness (QED) is 0.843. The van der Waals surface area contributed by atoms with E-state index in [1.54, 1.807) is 35.1 Å². The standard InChI is InChI=1S/C17H20N4O3/c1-12(2)10-21-16(6-7-19-21)20-17(22)11-24-14-5-4-13(9-18)8-15(14)23-3/h4-8,12H,10-11H2,1-3H3,(H,20,22). The molecule has 0 spiro atoms. The highest BCUT2D eigenvalue weighted by Gasteiger charge is 2.11. The van der Waals surface area contributed by atoms with Crippen molar-refractivity contribution in [1.82, 2.24) is 9.78 Å². The summed E-state index contributed by atoms with van der Waals surface area (Å²) >= 11 is 0. The number of aromatic nitrogens is 2. The van der Waals surface area contributed by atoms with Crippen molar-refractivity contribution in [3.8, 4) is 17.6 Å². The predicted molar refractivity (Wildman–Crippen MR) is 88.9 cm³/mol. The lowest BCUT2D eigenvalue weighted by molar-refractivity contribution is -0.118. The van der Waals surface area contributed by atoms with Crippen LogP contribution in [-0.4, -0.2) is 29.4 Å². The third kappa shape index (κ3) is 4.49. The van der Waals surface area contributed by atoms with Crippen molar-refractivity contribution in [1.29, 1.82) is 5.26 Å². The number of nitriles is 1. The number of hydrogen-bond donors (Lipinski definition) is 1. The summed E-state index contributed by atoms with van der Waals surface area (Å²) in [5, 5.41) is 15.8. The molecule has 0 aliphatic rings. The lowest BCUT2D eigenvalue weighted by atomic mass is 10.2. The Morgan fingerprint density at radius 2 is 2.17 bits per heavy atom. The third-order valence-corrected chi connectivity index (χ3v) is 3.17. The molecule has 2 rings (SSSR count). The van der Waals surface area contributed by atoms with Crippen LogP contribution in [0.5, 0.6) is 11.5 Å². The van der Waals surface area contributed by atoms with Crippen LogP contribution in [0.3, 0.4) is 0 Å². The molecule has 7 nitrogen and oxygen atoms in total. The smallest absolute Gasteiger partial charge is 0.263 e. The van der Waals surface area contributed by atoms with Crippen LogP contribution in [0.1, 0.15) is 19.4 Å². The summed E-state index contributed by atoms with van der Waals surface area (Å²) < 4.78 is 12.4. The molecule has 1 N–H and O–H groups in total. The second kappa shape index (κ2) is 8.02. The highest BCUT2D eigenvalue weighted by molar-refractivity contribution is 5.91. The number of amides is 1. The molecule has 0 fully saturated rings. The minimum Gasteiger partial charge on any atom is -0.493 e. The van der Waals surface area contributed by atoms with Gasteiger partial charge in [-0.05, 0) is 18.1 Å². The zero-order valence-corrected chi connectivity index (χ0v) is 13.9. The Bertz CT molecular complexity index is 747. The van der Waals surface area contributed by atoms with Crippen molar-refractivity contribution in [2.75, 3.05) is 19.0 Å². The van der Waals surface area contributed by atoms with Gasteiger partial charge in [-0.25, -0.2) is 4.68 Å². The number of hydrogen-bond acceptors (Lipinski definition) is 5. The van der Waals surface area contributed by atoms with E-state index >= 15 is 0 Å². The van der Waals surface area contributed by atoms with E-state index in [0.29, 0.717) is 35.3 Å². The van der Waals surface area contributed by atoms with E-state index in [2.05, 4.69) is 24.3 Å². The van der Waals surface area contributed by atoms with Crippen molar-refractivity contribution in [2.45, 2.75) is 20.4 Å². The maximum Gasteiger partial charge on any atom is 0.263 e. The highest BCUT2D eigenvalue weighted by atomic mass is 16.5. The van der Waals surface area contributed by atoms with Gasteiger partial charge in [0.05, 0.1) is 24.9 Å². The summed E-state index contributed by atoms with van der Waals surface area (Å²) in [4.78, 5) is 12.1. The number of ether oxygens (including phenoxy) is 2. The molecular formula is C17H20N4O3. The van der Waals surface area contributed by atoms with Gasteiger partial charge in [0, 0.05) is 18.7 Å². The van der Waals surface area contributed by atoms with E-state index in [1.165, 1.54) is 7.11 Å². The summed E-state index contributed by atoms with van der Waals surface area (Å²) in [5.41, 5.74) is 0.459. The summed E-state index contributed by atoms with van der Waals surface area (Å²) in [5.74, 6) is 1.56. The van der Waals surface area contributed by atoms with Crippen LogP contribution in [0, 0.1) is 17.2 Å². The molecule has 0 saturated carbocycles. The first-order chi connectivity index (χ1) is 11.5. The zero-order chi connectivity index (χ0) is 17.5. The first-order valence-electron chi connectivity index (χ1n) is 7.56. The van der Waals surface area contributed by atoms with Crippen LogP contribution < -0.4 is 14.8 Å². The van der Waals surface area contributed by atoms with Gasteiger partial charge in [0.2, 0.25) is 0 Å². The van der Waals surface area contributed by atoms with Crippen molar-refractivity contribution in [3.63, 3.8) is 0 Å². The van der Waals surface area contributed by atoms with E-state index in [-0.39, 0.29) is 12.5 Å². The molecule has 2 aromatic rings. The van der Waals surface area contributed by atoms with Gasteiger partial charge in [-0.15, -0.1) is 0 Å². The molecule has 24 heavy (non-hydrogen) atoms. The minimum absolute atomic E-state index is 0.172. The van der Waals surface area contributed by atoms with E-state index in [4.69, 9.17) is 14.7 Å². The number of benzene rings is 1. The van der Waals surface area contributed by atoms with Gasteiger partial charge in [0.25, 0.3) is 5.91 Å². The fourth-order valence-electron chi connectivity index (χ4n) is 2.11. The zero-order valence-electron chi connectivity index (χ0n) is 13.9. The van der Waals surface area contributed by atoms with E-state index in [0.717, 1.165) is 0 Å². The molecule has 0 aliphatic carbocycles. The highest BCUT2D eigenvalue weighted by Crippen LogP contribution is 2.27. The van der Waals surface area contributed by atoms with Gasteiger partial charge in [-0.2, -0.15) is 10.4 Å². The fraction of sp³-hybridized carbons (Fsp3) is 0.353. The van der Waals surface area contributed by atoms with E-state index in [1.807, 2.05) is 6.07 Å². The van der Waals surface area contributed by atoms with Crippen LogP contribution in [0.2, 0.25) is 0 Å². The van der Waals surface area contributed by atoms with E-state index < -0.39 is 0 Å². The number of methoxy groups -OCH3 is 1. The Kier molecular flexibility index (Phi) is 5.79. The van der Waals surface area contributed by atoms with Crippen LogP contribution in [0.25, 0.3) is 0 Å². The number of anilines is 1. The molecule has 1 amide bonds. The minimum atomic E-state index is -0.299.